The van der Waals surface area contributed by atoms with Crippen LogP contribution in [-0.2, 0) is 4.79 Å². The molecule has 1 aliphatic rings. The predicted octanol–water partition coefficient (Wildman–Crippen LogP) is 1.38. The van der Waals surface area contributed by atoms with E-state index >= 15 is 0 Å². The lowest BCUT2D eigenvalue weighted by Crippen LogP contribution is -2.50. The summed E-state index contributed by atoms with van der Waals surface area (Å²) in [5.41, 5.74) is 0. The number of alkyl halides is 1. The van der Waals surface area contributed by atoms with E-state index in [9.17, 15) is 9.90 Å². The number of hydrogen-bond donors (Lipinski definition) is 1. The highest BCUT2D eigenvalue weighted by Gasteiger charge is 2.31. The minimum atomic E-state index is -0.491. The second-order valence-electron chi connectivity index (χ2n) is 3.95. The molecule has 0 aromatic rings. The van der Waals surface area contributed by atoms with Gasteiger partial charge < -0.3 is 10.0 Å². The molecule has 0 aromatic carbocycles. The number of rotatable bonds is 2. The van der Waals surface area contributed by atoms with Crippen LogP contribution in [0.2, 0.25) is 0 Å². The number of likely N-dealkylation sites (tertiary alicyclic amines) is 1. The van der Waals surface area contributed by atoms with Crippen LogP contribution >= 0.6 is 11.6 Å². The third-order valence-corrected chi connectivity index (χ3v) is 2.92. The first kappa shape index (κ1) is 11.8. The van der Waals surface area contributed by atoms with Gasteiger partial charge in [-0.05, 0) is 33.1 Å². The third kappa shape index (κ3) is 2.61. The number of amides is 1. The van der Waals surface area contributed by atoms with Crippen molar-refractivity contribution in [2.24, 2.45) is 0 Å². The zero-order valence-corrected chi connectivity index (χ0v) is 9.50. The number of aliphatic hydroxyl groups excluding tert-OH is 1. The van der Waals surface area contributed by atoms with Crippen LogP contribution in [0.25, 0.3) is 0 Å². The number of aliphatic hydroxyl groups is 1. The van der Waals surface area contributed by atoms with Gasteiger partial charge in [-0.3, -0.25) is 4.79 Å². The molecule has 3 atom stereocenters. The number of nitrogens with zero attached hydrogens (tertiary/aromatic N) is 1. The molecular weight excluding hydrogens is 202 g/mol. The zero-order chi connectivity index (χ0) is 10.7. The Kier molecular flexibility index (Phi) is 4.20. The van der Waals surface area contributed by atoms with Crippen molar-refractivity contribution in [3.8, 4) is 0 Å². The lowest BCUT2D eigenvalue weighted by Gasteiger charge is -2.38. The summed E-state index contributed by atoms with van der Waals surface area (Å²) in [4.78, 5) is 13.4. The van der Waals surface area contributed by atoms with Gasteiger partial charge in [-0.2, -0.15) is 0 Å². The van der Waals surface area contributed by atoms with Gasteiger partial charge in [-0.15, -0.1) is 11.6 Å². The summed E-state index contributed by atoms with van der Waals surface area (Å²) >= 11 is 5.76. The molecule has 0 spiro atoms. The van der Waals surface area contributed by atoms with Crippen LogP contribution < -0.4 is 0 Å². The summed E-state index contributed by atoms with van der Waals surface area (Å²) in [6.45, 7) is 4.14. The van der Waals surface area contributed by atoms with Gasteiger partial charge in [0.1, 0.15) is 5.38 Å². The van der Waals surface area contributed by atoms with E-state index in [4.69, 9.17) is 11.6 Å². The Morgan fingerprint density at radius 1 is 1.50 bits per heavy atom. The molecule has 3 unspecified atom stereocenters. The minimum Gasteiger partial charge on any atom is -0.391 e. The van der Waals surface area contributed by atoms with Crippen molar-refractivity contribution in [1.82, 2.24) is 4.90 Å². The number of halogens is 1. The second kappa shape index (κ2) is 4.99. The molecule has 1 saturated heterocycles. The fraction of sp³-hybridized carbons (Fsp3) is 0.900. The highest BCUT2D eigenvalue weighted by Crippen LogP contribution is 2.21. The van der Waals surface area contributed by atoms with E-state index in [1.165, 1.54) is 0 Å². The summed E-state index contributed by atoms with van der Waals surface area (Å²) < 4.78 is 0. The van der Waals surface area contributed by atoms with Crippen LogP contribution in [0.1, 0.15) is 33.1 Å². The topological polar surface area (TPSA) is 40.5 Å². The largest absolute Gasteiger partial charge is 0.391 e. The number of carbonyl (C=O) groups excluding carboxylic acids is 1. The van der Waals surface area contributed by atoms with E-state index in [-0.39, 0.29) is 11.9 Å². The predicted molar refractivity (Wildman–Crippen MR) is 56.3 cm³/mol. The Bertz CT molecular complexity index is 206. The van der Waals surface area contributed by atoms with Crippen molar-refractivity contribution in [2.45, 2.75) is 50.6 Å². The molecule has 0 aromatic heterocycles. The molecule has 0 aliphatic carbocycles. The van der Waals surface area contributed by atoms with Crippen molar-refractivity contribution >= 4 is 17.5 Å². The van der Waals surface area contributed by atoms with E-state index < -0.39 is 11.5 Å². The fourth-order valence-corrected chi connectivity index (χ4v) is 2.09. The molecule has 1 fully saturated rings. The summed E-state index contributed by atoms with van der Waals surface area (Å²) in [6, 6.07) is -0.0440. The van der Waals surface area contributed by atoms with Gasteiger partial charge in [-0.1, -0.05) is 0 Å². The molecule has 1 rings (SSSR count). The maximum Gasteiger partial charge on any atom is 0.240 e. The van der Waals surface area contributed by atoms with Crippen molar-refractivity contribution in [3.05, 3.63) is 0 Å². The zero-order valence-electron chi connectivity index (χ0n) is 8.74. The van der Waals surface area contributed by atoms with Gasteiger partial charge in [0, 0.05) is 6.54 Å². The standard InChI is InChI=1S/C10H18ClNO2/c1-7(11)10(14)12-6-4-3-5-9(12)8(2)13/h7-9,13H,3-6H2,1-2H3. The average Bonchev–Trinajstić information content (AvgIpc) is 2.16. The smallest absolute Gasteiger partial charge is 0.240 e. The summed E-state index contributed by atoms with van der Waals surface area (Å²) in [5, 5.41) is 9.05. The molecule has 1 amide bonds. The summed E-state index contributed by atoms with van der Waals surface area (Å²) in [5.74, 6) is -0.0581. The Hall–Kier alpha value is -0.280. The Balaban J connectivity index is 2.67. The molecule has 4 heteroatoms. The lowest BCUT2D eigenvalue weighted by atomic mass is 9.98. The lowest BCUT2D eigenvalue weighted by molar-refractivity contribution is -0.136. The van der Waals surface area contributed by atoms with E-state index in [0.717, 1.165) is 25.8 Å². The molecule has 1 aliphatic heterocycles. The summed E-state index contributed by atoms with van der Waals surface area (Å²) in [6.07, 6.45) is 2.51. The Morgan fingerprint density at radius 3 is 2.64 bits per heavy atom. The first-order valence-electron chi connectivity index (χ1n) is 5.16. The maximum absolute atomic E-state index is 11.7. The average molecular weight is 220 g/mol. The molecule has 1 N–H and O–H groups in total. The van der Waals surface area contributed by atoms with E-state index in [1.807, 2.05) is 0 Å². The first-order chi connectivity index (χ1) is 6.54. The molecule has 0 radical (unpaired) electrons. The quantitative estimate of drug-likeness (QED) is 0.713. The van der Waals surface area contributed by atoms with Crippen molar-refractivity contribution in [1.29, 1.82) is 0 Å². The van der Waals surface area contributed by atoms with Crippen LogP contribution in [0, 0.1) is 0 Å². The van der Waals surface area contributed by atoms with E-state index in [0.29, 0.717) is 0 Å². The normalized spacial score (nSPS) is 27.1. The van der Waals surface area contributed by atoms with E-state index in [2.05, 4.69) is 0 Å². The van der Waals surface area contributed by atoms with Gasteiger partial charge in [0.15, 0.2) is 0 Å². The first-order valence-corrected chi connectivity index (χ1v) is 5.60. The summed E-state index contributed by atoms with van der Waals surface area (Å²) in [7, 11) is 0. The van der Waals surface area contributed by atoms with Gasteiger partial charge >= 0.3 is 0 Å². The molecule has 82 valence electrons. The molecule has 1 heterocycles. The molecule has 14 heavy (non-hydrogen) atoms. The van der Waals surface area contributed by atoms with Gasteiger partial charge in [-0.25, -0.2) is 0 Å². The van der Waals surface area contributed by atoms with E-state index in [1.54, 1.807) is 18.7 Å². The van der Waals surface area contributed by atoms with Crippen molar-refractivity contribution in [3.63, 3.8) is 0 Å². The fourth-order valence-electron chi connectivity index (χ4n) is 1.96. The van der Waals surface area contributed by atoms with Crippen LogP contribution in [0.15, 0.2) is 0 Å². The number of piperidine rings is 1. The third-order valence-electron chi connectivity index (χ3n) is 2.73. The van der Waals surface area contributed by atoms with Crippen LogP contribution in [0.4, 0.5) is 0 Å². The van der Waals surface area contributed by atoms with Crippen LogP contribution in [-0.4, -0.2) is 40.0 Å². The Morgan fingerprint density at radius 2 is 2.14 bits per heavy atom. The monoisotopic (exact) mass is 219 g/mol. The van der Waals surface area contributed by atoms with Crippen LogP contribution in [0.5, 0.6) is 0 Å². The molecular formula is C10H18ClNO2. The minimum absolute atomic E-state index is 0.0440. The number of carbonyl (C=O) groups is 1. The SMILES string of the molecule is CC(Cl)C(=O)N1CCCCC1C(C)O. The van der Waals surface area contributed by atoms with Gasteiger partial charge in [0.2, 0.25) is 5.91 Å². The Labute approximate surface area is 90.0 Å². The number of hydrogen-bond acceptors (Lipinski definition) is 2. The van der Waals surface area contributed by atoms with Gasteiger partial charge in [0.05, 0.1) is 12.1 Å². The second-order valence-corrected chi connectivity index (χ2v) is 4.61. The molecule has 3 nitrogen and oxygen atoms in total. The molecule has 0 saturated carbocycles. The van der Waals surface area contributed by atoms with Crippen LogP contribution in [0.3, 0.4) is 0 Å². The van der Waals surface area contributed by atoms with Crippen molar-refractivity contribution < 1.29 is 9.90 Å². The maximum atomic E-state index is 11.7. The highest BCUT2D eigenvalue weighted by molar-refractivity contribution is 6.30. The van der Waals surface area contributed by atoms with Gasteiger partial charge in [0.25, 0.3) is 0 Å². The highest BCUT2D eigenvalue weighted by atomic mass is 35.5. The molecule has 0 bridgehead atoms. The van der Waals surface area contributed by atoms with Crippen molar-refractivity contribution in [2.75, 3.05) is 6.54 Å².